The first-order chi connectivity index (χ1) is 15.6. The van der Waals surface area contributed by atoms with E-state index in [0.29, 0.717) is 5.56 Å². The van der Waals surface area contributed by atoms with Gasteiger partial charge in [-0.3, -0.25) is 25.2 Å². The molecule has 0 aliphatic heterocycles. The molecular weight excluding hydrogens is 404 g/mol. The van der Waals surface area contributed by atoms with Crippen molar-refractivity contribution in [3.05, 3.63) is 96.2 Å². The molecule has 0 atom stereocenters. The first kappa shape index (κ1) is 20.9. The number of para-hydroxylation sites is 1. The summed E-state index contributed by atoms with van der Waals surface area (Å²) in [6, 6.07) is 24.6. The third-order valence-electron chi connectivity index (χ3n) is 5.03. The number of benzene rings is 3. The second kappa shape index (κ2) is 9.61. The van der Waals surface area contributed by atoms with Crippen LogP contribution in [0.15, 0.2) is 85.1 Å². The number of aromatic amines is 1. The van der Waals surface area contributed by atoms with Gasteiger partial charge in [-0.1, -0.05) is 60.7 Å². The fourth-order valence-corrected chi connectivity index (χ4v) is 3.39. The Kier molecular flexibility index (Phi) is 6.27. The molecule has 3 aromatic carbocycles. The maximum absolute atomic E-state index is 12.3. The van der Waals surface area contributed by atoms with E-state index in [-0.39, 0.29) is 24.8 Å². The van der Waals surface area contributed by atoms with E-state index < -0.39 is 5.91 Å². The van der Waals surface area contributed by atoms with Gasteiger partial charge < -0.3 is 10.3 Å². The second-order valence-corrected chi connectivity index (χ2v) is 7.26. The zero-order valence-corrected chi connectivity index (χ0v) is 17.2. The van der Waals surface area contributed by atoms with Crippen molar-refractivity contribution >= 4 is 28.6 Å². The largest absolute Gasteiger partial charge is 0.361 e. The molecule has 1 heterocycles. The summed E-state index contributed by atoms with van der Waals surface area (Å²) in [6.45, 7) is -0.257. The number of hydrazine groups is 1. The van der Waals surface area contributed by atoms with Crippen molar-refractivity contribution in [1.29, 1.82) is 0 Å². The number of hydrogen-bond donors (Lipinski definition) is 4. The third-order valence-corrected chi connectivity index (χ3v) is 5.03. The molecule has 0 aliphatic carbocycles. The summed E-state index contributed by atoms with van der Waals surface area (Å²) in [7, 11) is 0. The number of carbonyl (C=O) groups excluding carboxylic acids is 3. The van der Waals surface area contributed by atoms with Crippen LogP contribution >= 0.6 is 0 Å². The second-order valence-electron chi connectivity index (χ2n) is 7.26. The number of hydrogen-bond acceptors (Lipinski definition) is 3. The Morgan fingerprint density at radius 2 is 1.38 bits per heavy atom. The van der Waals surface area contributed by atoms with E-state index in [1.54, 1.807) is 18.3 Å². The van der Waals surface area contributed by atoms with Crippen molar-refractivity contribution < 1.29 is 14.4 Å². The van der Waals surface area contributed by atoms with Crippen molar-refractivity contribution in [2.45, 2.75) is 6.42 Å². The Balaban J connectivity index is 1.23. The Bertz CT molecular complexity index is 1250. The Labute approximate surface area is 184 Å². The van der Waals surface area contributed by atoms with E-state index in [9.17, 15) is 14.4 Å². The van der Waals surface area contributed by atoms with Crippen LogP contribution in [0.5, 0.6) is 0 Å². The zero-order chi connectivity index (χ0) is 22.3. The van der Waals surface area contributed by atoms with Crippen LogP contribution in [0.3, 0.4) is 0 Å². The molecule has 4 aromatic rings. The standard InChI is InChI=1S/C25H22N4O3/c30-23(14-20-15-26-22-9-5-4-8-21(20)22)28-29-24(31)16-27-25(32)19-12-10-18(11-13-19)17-6-2-1-3-7-17/h1-13,15,26H,14,16H2,(H,27,32)(H,28,30)(H,29,31). The Hall–Kier alpha value is -4.39. The van der Waals surface area contributed by atoms with Crippen LogP contribution < -0.4 is 16.2 Å². The quantitative estimate of drug-likeness (QED) is 0.357. The number of amides is 3. The van der Waals surface area contributed by atoms with Gasteiger partial charge in [0.05, 0.1) is 13.0 Å². The van der Waals surface area contributed by atoms with Gasteiger partial charge in [-0.05, 0) is 34.9 Å². The van der Waals surface area contributed by atoms with Crippen molar-refractivity contribution in [3.8, 4) is 11.1 Å². The molecule has 0 bridgehead atoms. The molecule has 7 heteroatoms. The van der Waals surface area contributed by atoms with Crippen LogP contribution in [-0.4, -0.2) is 29.3 Å². The molecule has 0 unspecified atom stereocenters. The minimum atomic E-state index is -0.522. The summed E-state index contributed by atoms with van der Waals surface area (Å²) < 4.78 is 0. The Morgan fingerprint density at radius 1 is 0.719 bits per heavy atom. The van der Waals surface area contributed by atoms with Gasteiger partial charge >= 0.3 is 0 Å². The molecule has 0 aliphatic rings. The highest BCUT2D eigenvalue weighted by Gasteiger charge is 2.11. The fraction of sp³-hybridized carbons (Fsp3) is 0.0800. The number of nitrogens with one attached hydrogen (secondary N) is 4. The molecule has 1 aromatic heterocycles. The highest BCUT2D eigenvalue weighted by Crippen LogP contribution is 2.19. The number of carbonyl (C=O) groups is 3. The maximum Gasteiger partial charge on any atom is 0.257 e. The smallest absolute Gasteiger partial charge is 0.257 e. The molecule has 4 rings (SSSR count). The topological polar surface area (TPSA) is 103 Å². The van der Waals surface area contributed by atoms with E-state index in [1.165, 1.54) is 0 Å². The molecule has 0 spiro atoms. The van der Waals surface area contributed by atoms with Crippen LogP contribution in [0.4, 0.5) is 0 Å². The summed E-state index contributed by atoms with van der Waals surface area (Å²) >= 11 is 0. The molecular formula is C25H22N4O3. The summed E-state index contributed by atoms with van der Waals surface area (Å²) in [5, 5.41) is 3.50. The van der Waals surface area contributed by atoms with E-state index >= 15 is 0 Å². The summed E-state index contributed by atoms with van der Waals surface area (Å²) in [4.78, 5) is 39.5. The molecule has 7 nitrogen and oxygen atoms in total. The molecule has 0 radical (unpaired) electrons. The van der Waals surface area contributed by atoms with Gasteiger partial charge in [0.2, 0.25) is 5.91 Å². The molecule has 3 amide bonds. The number of H-pyrrole nitrogens is 1. The average Bonchev–Trinajstić information content (AvgIpc) is 3.24. The lowest BCUT2D eigenvalue weighted by atomic mass is 10.0. The molecule has 0 fully saturated rings. The molecule has 32 heavy (non-hydrogen) atoms. The van der Waals surface area contributed by atoms with Crippen molar-refractivity contribution in [3.63, 3.8) is 0 Å². The van der Waals surface area contributed by atoms with E-state index in [2.05, 4.69) is 21.2 Å². The van der Waals surface area contributed by atoms with Crippen molar-refractivity contribution in [1.82, 2.24) is 21.2 Å². The first-order valence-electron chi connectivity index (χ1n) is 10.2. The maximum atomic E-state index is 12.3. The first-order valence-corrected chi connectivity index (χ1v) is 10.2. The molecule has 160 valence electrons. The lowest BCUT2D eigenvalue weighted by Crippen LogP contribution is -2.46. The highest BCUT2D eigenvalue weighted by molar-refractivity contribution is 5.97. The molecule has 0 saturated carbocycles. The van der Waals surface area contributed by atoms with Gasteiger partial charge in [-0.25, -0.2) is 0 Å². The van der Waals surface area contributed by atoms with Crippen molar-refractivity contribution in [2.75, 3.05) is 6.54 Å². The monoisotopic (exact) mass is 426 g/mol. The summed E-state index contributed by atoms with van der Waals surface area (Å²) in [6.07, 6.45) is 1.89. The Morgan fingerprint density at radius 3 is 2.16 bits per heavy atom. The van der Waals surface area contributed by atoms with Crippen LogP contribution in [0.25, 0.3) is 22.0 Å². The van der Waals surface area contributed by atoms with Crippen LogP contribution in [-0.2, 0) is 16.0 Å². The van der Waals surface area contributed by atoms with E-state index in [4.69, 9.17) is 0 Å². The predicted octanol–water partition coefficient (Wildman–Crippen LogP) is 2.95. The van der Waals surface area contributed by atoms with Gasteiger partial charge in [0.1, 0.15) is 0 Å². The van der Waals surface area contributed by atoms with Crippen LogP contribution in [0.1, 0.15) is 15.9 Å². The molecule has 0 saturated heterocycles. The summed E-state index contributed by atoms with van der Waals surface area (Å²) in [5.41, 5.74) is 8.97. The lowest BCUT2D eigenvalue weighted by Gasteiger charge is -2.09. The van der Waals surface area contributed by atoms with Gasteiger partial charge in [-0.2, -0.15) is 0 Å². The third kappa shape index (κ3) is 5.02. The van der Waals surface area contributed by atoms with Gasteiger partial charge in [-0.15, -0.1) is 0 Å². The normalized spacial score (nSPS) is 10.5. The highest BCUT2D eigenvalue weighted by atomic mass is 16.2. The summed E-state index contributed by atoms with van der Waals surface area (Å²) in [5.74, 6) is -1.25. The van der Waals surface area contributed by atoms with Gasteiger partial charge in [0.25, 0.3) is 11.8 Å². The van der Waals surface area contributed by atoms with Crippen LogP contribution in [0, 0.1) is 0 Å². The van der Waals surface area contributed by atoms with Crippen LogP contribution in [0.2, 0.25) is 0 Å². The van der Waals surface area contributed by atoms with E-state index in [0.717, 1.165) is 27.6 Å². The minimum absolute atomic E-state index is 0.115. The van der Waals surface area contributed by atoms with E-state index in [1.807, 2.05) is 66.7 Å². The minimum Gasteiger partial charge on any atom is -0.361 e. The van der Waals surface area contributed by atoms with Gasteiger partial charge in [0, 0.05) is 22.7 Å². The predicted molar refractivity (Wildman–Crippen MR) is 122 cm³/mol. The zero-order valence-electron chi connectivity index (χ0n) is 17.2. The number of aromatic nitrogens is 1. The molecule has 4 N–H and O–H groups in total. The average molecular weight is 426 g/mol. The lowest BCUT2D eigenvalue weighted by molar-refractivity contribution is -0.128. The number of fused-ring (bicyclic) bond motifs is 1. The van der Waals surface area contributed by atoms with Crippen molar-refractivity contribution in [2.24, 2.45) is 0 Å². The number of rotatable bonds is 6. The fourth-order valence-electron chi connectivity index (χ4n) is 3.39. The van der Waals surface area contributed by atoms with Gasteiger partial charge in [0.15, 0.2) is 0 Å². The SMILES string of the molecule is O=C(CNC(=O)c1ccc(-c2ccccc2)cc1)NNC(=O)Cc1c[nH]c2ccccc12.